The molecule has 0 bridgehead atoms. The summed E-state index contributed by atoms with van der Waals surface area (Å²) in [5, 5.41) is 0.398. The van der Waals surface area contributed by atoms with Crippen LogP contribution in [0.2, 0.25) is 0 Å². The number of nitrogens with zero attached hydrogens (tertiary/aromatic N) is 2. The van der Waals surface area contributed by atoms with Crippen LogP contribution >= 0.6 is 27.7 Å². The lowest BCUT2D eigenvalue weighted by Crippen LogP contribution is -2.41. The predicted octanol–water partition coefficient (Wildman–Crippen LogP) is 4.45. The molecule has 1 saturated heterocycles. The highest BCUT2D eigenvalue weighted by Gasteiger charge is 2.48. The van der Waals surface area contributed by atoms with E-state index >= 15 is 0 Å². The maximum Gasteiger partial charge on any atom is 0.338 e. The molecule has 28 heavy (non-hydrogen) atoms. The van der Waals surface area contributed by atoms with E-state index in [9.17, 15) is 9.59 Å². The lowest BCUT2D eigenvalue weighted by Gasteiger charge is -2.34. The maximum absolute atomic E-state index is 13.1. The molecule has 1 aromatic carbocycles. The van der Waals surface area contributed by atoms with Crippen LogP contribution in [-0.2, 0) is 14.3 Å². The number of benzene rings is 1. The molecule has 0 aliphatic carbocycles. The van der Waals surface area contributed by atoms with Crippen molar-refractivity contribution >= 4 is 44.7 Å². The van der Waals surface area contributed by atoms with Gasteiger partial charge in [0.15, 0.2) is 5.17 Å². The lowest BCUT2D eigenvalue weighted by molar-refractivity contribution is -0.143. The highest BCUT2D eigenvalue weighted by molar-refractivity contribution is 9.10. The van der Waals surface area contributed by atoms with Crippen molar-refractivity contribution in [3.05, 3.63) is 39.5 Å². The maximum atomic E-state index is 13.1. The van der Waals surface area contributed by atoms with Crippen LogP contribution in [0.5, 0.6) is 5.75 Å². The van der Waals surface area contributed by atoms with Gasteiger partial charge in [0.25, 0.3) is 0 Å². The first-order valence-corrected chi connectivity index (χ1v) is 10.8. The number of aliphatic imine (C=N–C) groups is 1. The summed E-state index contributed by atoms with van der Waals surface area (Å²) in [5.41, 5.74) is 1.63. The fraction of sp³-hybridized carbons (Fsp3) is 0.450. The first kappa shape index (κ1) is 20.9. The van der Waals surface area contributed by atoms with Crippen molar-refractivity contribution in [1.29, 1.82) is 0 Å². The molecule has 2 heterocycles. The molecule has 8 heteroatoms. The molecule has 0 saturated carbocycles. The number of methoxy groups -OCH3 is 1. The van der Waals surface area contributed by atoms with Crippen LogP contribution in [0.15, 0.2) is 38.9 Å². The number of allylic oxidation sites excluding steroid dienone is 1. The van der Waals surface area contributed by atoms with Gasteiger partial charge in [-0.05, 0) is 45.4 Å². The van der Waals surface area contributed by atoms with Crippen molar-refractivity contribution < 1.29 is 19.1 Å². The SMILES string of the molecule is CC[C@@H]1SC2=NC(C)=C(C(=O)OC(C)C)[C@H](c3cc(Br)ccc3OC)N2C1=O. The average molecular weight is 467 g/mol. The molecule has 1 fully saturated rings. The predicted molar refractivity (Wildman–Crippen MR) is 113 cm³/mol. The molecule has 1 amide bonds. The number of carbonyl (C=O) groups is 2. The van der Waals surface area contributed by atoms with Crippen molar-refractivity contribution in [3.63, 3.8) is 0 Å². The van der Waals surface area contributed by atoms with Crippen molar-refractivity contribution in [2.24, 2.45) is 4.99 Å². The number of hydrogen-bond donors (Lipinski definition) is 0. The Hall–Kier alpha value is -1.80. The van der Waals surface area contributed by atoms with E-state index in [1.807, 2.05) is 25.1 Å². The number of hydrogen-bond acceptors (Lipinski definition) is 6. The van der Waals surface area contributed by atoms with Crippen LogP contribution in [0, 0.1) is 0 Å². The van der Waals surface area contributed by atoms with Gasteiger partial charge in [-0.3, -0.25) is 9.69 Å². The largest absolute Gasteiger partial charge is 0.496 e. The van der Waals surface area contributed by atoms with Gasteiger partial charge < -0.3 is 9.47 Å². The van der Waals surface area contributed by atoms with E-state index in [2.05, 4.69) is 20.9 Å². The van der Waals surface area contributed by atoms with Crippen molar-refractivity contribution in [3.8, 4) is 5.75 Å². The molecule has 0 N–H and O–H groups in total. The van der Waals surface area contributed by atoms with Gasteiger partial charge >= 0.3 is 5.97 Å². The molecule has 6 nitrogen and oxygen atoms in total. The van der Waals surface area contributed by atoms with Crippen molar-refractivity contribution in [1.82, 2.24) is 4.90 Å². The van der Waals surface area contributed by atoms with Gasteiger partial charge in [-0.1, -0.05) is 34.6 Å². The summed E-state index contributed by atoms with van der Waals surface area (Å²) in [6.07, 6.45) is 0.405. The zero-order valence-electron chi connectivity index (χ0n) is 16.5. The Kier molecular flexibility index (Phi) is 6.19. The van der Waals surface area contributed by atoms with Crippen molar-refractivity contribution in [2.45, 2.75) is 51.5 Å². The zero-order chi connectivity index (χ0) is 20.6. The van der Waals surface area contributed by atoms with E-state index in [4.69, 9.17) is 9.47 Å². The van der Waals surface area contributed by atoms with Crippen LogP contribution in [-0.4, -0.2) is 40.4 Å². The Bertz CT molecular complexity index is 881. The summed E-state index contributed by atoms with van der Waals surface area (Å²) in [7, 11) is 1.57. The topological polar surface area (TPSA) is 68.2 Å². The quantitative estimate of drug-likeness (QED) is 0.599. The number of carbonyl (C=O) groups excluding carboxylic acids is 2. The Morgan fingerprint density at radius 2 is 2.11 bits per heavy atom. The smallest absolute Gasteiger partial charge is 0.338 e. The molecule has 0 spiro atoms. The van der Waals surface area contributed by atoms with E-state index in [-0.39, 0.29) is 17.3 Å². The summed E-state index contributed by atoms with van der Waals surface area (Å²) in [5.74, 6) is 0.0653. The standard InChI is InChI=1S/C20H23BrN2O4S/c1-6-15-18(24)23-17(13-9-12(21)7-8-14(13)26-5)16(19(25)27-10(2)3)11(4)22-20(23)28-15/h7-10,15,17H,6H2,1-5H3/t15-,17-/m0/s1. The Morgan fingerprint density at radius 3 is 2.71 bits per heavy atom. The summed E-state index contributed by atoms with van der Waals surface area (Å²) in [6.45, 7) is 7.34. The number of amidine groups is 1. The third-order valence-corrected chi connectivity index (χ3v) is 6.38. The van der Waals surface area contributed by atoms with E-state index < -0.39 is 12.0 Å². The van der Waals surface area contributed by atoms with Crippen LogP contribution in [0.1, 0.15) is 45.7 Å². The van der Waals surface area contributed by atoms with Gasteiger partial charge in [-0.2, -0.15) is 0 Å². The van der Waals surface area contributed by atoms with Gasteiger partial charge in [0.1, 0.15) is 11.8 Å². The molecule has 1 aromatic rings. The van der Waals surface area contributed by atoms with Crippen molar-refractivity contribution in [2.75, 3.05) is 7.11 Å². The monoisotopic (exact) mass is 466 g/mol. The van der Waals surface area contributed by atoms with E-state index in [1.165, 1.54) is 11.8 Å². The summed E-state index contributed by atoms with van der Waals surface area (Å²) in [4.78, 5) is 32.3. The fourth-order valence-corrected chi connectivity index (χ4v) is 4.85. The second kappa shape index (κ2) is 8.29. The molecule has 150 valence electrons. The first-order chi connectivity index (χ1) is 13.3. The Labute approximate surface area is 177 Å². The molecule has 2 atom stereocenters. The van der Waals surface area contributed by atoms with Gasteiger partial charge in [-0.25, -0.2) is 9.79 Å². The summed E-state index contributed by atoms with van der Waals surface area (Å²) >= 11 is 4.93. The van der Waals surface area contributed by atoms with Crippen LogP contribution in [0.4, 0.5) is 0 Å². The first-order valence-electron chi connectivity index (χ1n) is 9.12. The van der Waals surface area contributed by atoms with Gasteiger partial charge in [-0.15, -0.1) is 0 Å². The molecule has 2 aliphatic heterocycles. The molecule has 3 rings (SSSR count). The van der Waals surface area contributed by atoms with E-state index in [0.717, 1.165) is 4.47 Å². The number of ether oxygens (including phenoxy) is 2. The number of esters is 1. The minimum Gasteiger partial charge on any atom is -0.496 e. The Morgan fingerprint density at radius 1 is 1.39 bits per heavy atom. The number of rotatable bonds is 5. The summed E-state index contributed by atoms with van der Waals surface area (Å²) in [6, 6.07) is 4.90. The van der Waals surface area contributed by atoms with Gasteiger partial charge in [0.05, 0.1) is 29.7 Å². The second-order valence-corrected chi connectivity index (χ2v) is 8.94. The van der Waals surface area contributed by atoms with Crippen LogP contribution in [0.25, 0.3) is 0 Å². The minimum atomic E-state index is -0.650. The molecular weight excluding hydrogens is 444 g/mol. The molecule has 0 unspecified atom stereocenters. The van der Waals surface area contributed by atoms with Crippen LogP contribution in [0.3, 0.4) is 0 Å². The fourth-order valence-electron chi connectivity index (χ4n) is 3.34. The number of thioether (sulfide) groups is 1. The lowest BCUT2D eigenvalue weighted by atomic mass is 9.93. The Balaban J connectivity index is 2.21. The number of halogens is 1. The van der Waals surface area contributed by atoms with Crippen LogP contribution < -0.4 is 4.74 Å². The molecule has 2 aliphatic rings. The average Bonchev–Trinajstić information content (AvgIpc) is 2.95. The van der Waals surface area contributed by atoms with E-state index in [1.54, 1.807) is 32.8 Å². The zero-order valence-corrected chi connectivity index (χ0v) is 18.9. The molecule has 0 aromatic heterocycles. The normalized spacial score (nSPS) is 21.8. The number of fused-ring (bicyclic) bond motifs is 1. The van der Waals surface area contributed by atoms with Gasteiger partial charge in [0, 0.05) is 10.0 Å². The highest BCUT2D eigenvalue weighted by Crippen LogP contribution is 2.46. The third-order valence-electron chi connectivity index (χ3n) is 4.57. The highest BCUT2D eigenvalue weighted by atomic mass is 79.9. The molecular formula is C20H23BrN2O4S. The van der Waals surface area contributed by atoms with E-state index in [0.29, 0.717) is 34.2 Å². The second-order valence-electron chi connectivity index (χ2n) is 6.86. The minimum absolute atomic E-state index is 0.0550. The molecule has 0 radical (unpaired) electrons. The summed E-state index contributed by atoms with van der Waals surface area (Å²) < 4.78 is 11.9. The third kappa shape index (κ3) is 3.72. The number of amides is 1. The van der Waals surface area contributed by atoms with Gasteiger partial charge in [0.2, 0.25) is 5.91 Å².